The minimum atomic E-state index is -0.283. The van der Waals surface area contributed by atoms with Gasteiger partial charge in [0.15, 0.2) is 5.76 Å². The highest BCUT2D eigenvalue weighted by Crippen LogP contribution is 2.32. The molecule has 0 saturated heterocycles. The first-order valence-electron chi connectivity index (χ1n) is 8.51. The molecule has 3 aromatic rings. The monoisotopic (exact) mass is 441 g/mol. The molecule has 0 saturated carbocycles. The van der Waals surface area contributed by atoms with Gasteiger partial charge in [0.1, 0.15) is 28.8 Å². The van der Waals surface area contributed by atoms with Crippen molar-refractivity contribution in [1.82, 2.24) is 14.7 Å². The summed E-state index contributed by atoms with van der Waals surface area (Å²) in [6.07, 6.45) is 1.73. The standard InChI is InChI=1S/C19H18Cl3N3O3/c1-3-25-9-14(21)15(23-25)10-24(2)19(26)17-8-7-12(28-17)11-27-16-6-4-5-13(20)18(16)22/h4-9H,3,10-11H2,1-2H3. The smallest absolute Gasteiger partial charge is 0.289 e. The maximum Gasteiger partial charge on any atom is 0.289 e. The van der Waals surface area contributed by atoms with Crippen LogP contribution in [-0.4, -0.2) is 27.6 Å². The number of amides is 1. The van der Waals surface area contributed by atoms with Crippen molar-refractivity contribution in [2.24, 2.45) is 0 Å². The van der Waals surface area contributed by atoms with E-state index in [0.29, 0.717) is 38.8 Å². The second-order valence-corrected chi connectivity index (χ2v) is 7.24. The molecule has 1 aromatic carbocycles. The van der Waals surface area contributed by atoms with Gasteiger partial charge < -0.3 is 14.1 Å². The molecule has 6 nitrogen and oxygen atoms in total. The third-order valence-electron chi connectivity index (χ3n) is 4.00. The highest BCUT2D eigenvalue weighted by atomic mass is 35.5. The zero-order valence-corrected chi connectivity index (χ0v) is 17.6. The lowest BCUT2D eigenvalue weighted by molar-refractivity contribution is 0.0747. The van der Waals surface area contributed by atoms with Gasteiger partial charge in [0.25, 0.3) is 5.91 Å². The summed E-state index contributed by atoms with van der Waals surface area (Å²) < 4.78 is 12.9. The van der Waals surface area contributed by atoms with E-state index >= 15 is 0 Å². The van der Waals surface area contributed by atoms with Crippen molar-refractivity contribution in [3.8, 4) is 5.75 Å². The molecule has 0 bridgehead atoms. The molecule has 28 heavy (non-hydrogen) atoms. The summed E-state index contributed by atoms with van der Waals surface area (Å²) in [5.41, 5.74) is 0.630. The fourth-order valence-electron chi connectivity index (χ4n) is 2.51. The molecule has 2 aromatic heterocycles. The van der Waals surface area contributed by atoms with Gasteiger partial charge in [-0.2, -0.15) is 5.10 Å². The molecular formula is C19H18Cl3N3O3. The number of ether oxygens (including phenoxy) is 1. The number of rotatable bonds is 7. The number of halogens is 3. The summed E-state index contributed by atoms with van der Waals surface area (Å²) in [5.74, 6) is 0.844. The van der Waals surface area contributed by atoms with Crippen molar-refractivity contribution in [3.63, 3.8) is 0 Å². The second-order valence-electron chi connectivity index (χ2n) is 6.05. The first-order chi connectivity index (χ1) is 13.4. The highest BCUT2D eigenvalue weighted by molar-refractivity contribution is 6.42. The lowest BCUT2D eigenvalue weighted by Crippen LogP contribution is -2.26. The Bertz CT molecular complexity index is 984. The van der Waals surface area contributed by atoms with Crippen molar-refractivity contribution in [2.75, 3.05) is 7.05 Å². The zero-order valence-electron chi connectivity index (χ0n) is 15.3. The molecule has 0 aliphatic carbocycles. The number of aromatic nitrogens is 2. The van der Waals surface area contributed by atoms with E-state index in [9.17, 15) is 4.79 Å². The number of benzene rings is 1. The van der Waals surface area contributed by atoms with Crippen LogP contribution in [0, 0.1) is 0 Å². The van der Waals surface area contributed by atoms with Gasteiger partial charge in [-0.05, 0) is 31.2 Å². The van der Waals surface area contributed by atoms with Crippen LogP contribution >= 0.6 is 34.8 Å². The van der Waals surface area contributed by atoms with Crippen LogP contribution in [0.2, 0.25) is 15.1 Å². The van der Waals surface area contributed by atoms with E-state index in [-0.39, 0.29) is 24.8 Å². The molecule has 1 amide bonds. The summed E-state index contributed by atoms with van der Waals surface area (Å²) in [6.45, 7) is 3.06. The van der Waals surface area contributed by atoms with Crippen LogP contribution in [0.4, 0.5) is 0 Å². The Morgan fingerprint density at radius 2 is 2.00 bits per heavy atom. The Morgan fingerprint density at radius 1 is 1.21 bits per heavy atom. The Labute approximate surface area is 177 Å². The molecule has 148 valence electrons. The van der Waals surface area contributed by atoms with Gasteiger partial charge in [0.2, 0.25) is 0 Å². The Hall–Kier alpha value is -2.15. The Morgan fingerprint density at radius 3 is 2.71 bits per heavy atom. The third-order valence-corrected chi connectivity index (χ3v) is 5.12. The lowest BCUT2D eigenvalue weighted by atomic mass is 10.3. The van der Waals surface area contributed by atoms with Crippen molar-refractivity contribution >= 4 is 40.7 Å². The predicted molar refractivity (Wildman–Crippen MR) is 108 cm³/mol. The number of carbonyl (C=O) groups is 1. The van der Waals surface area contributed by atoms with Crippen molar-refractivity contribution in [3.05, 3.63) is 68.8 Å². The Balaban J connectivity index is 1.63. The maximum atomic E-state index is 12.6. The number of nitrogens with zero attached hydrogens (tertiary/aromatic N) is 3. The highest BCUT2D eigenvalue weighted by Gasteiger charge is 2.19. The fourth-order valence-corrected chi connectivity index (χ4v) is 3.06. The van der Waals surface area contributed by atoms with Crippen molar-refractivity contribution in [1.29, 1.82) is 0 Å². The first kappa shape index (κ1) is 20.6. The summed E-state index contributed by atoms with van der Waals surface area (Å²) in [7, 11) is 1.66. The van der Waals surface area contributed by atoms with E-state index in [4.69, 9.17) is 44.0 Å². The lowest BCUT2D eigenvalue weighted by Gasteiger charge is -2.14. The maximum absolute atomic E-state index is 12.6. The van der Waals surface area contributed by atoms with Gasteiger partial charge in [0, 0.05) is 19.8 Å². The first-order valence-corrected chi connectivity index (χ1v) is 9.65. The minimum absolute atomic E-state index is 0.115. The fraction of sp³-hybridized carbons (Fsp3) is 0.263. The van der Waals surface area contributed by atoms with Crippen LogP contribution in [0.1, 0.15) is 28.9 Å². The van der Waals surface area contributed by atoms with E-state index in [0.717, 1.165) is 0 Å². The van der Waals surface area contributed by atoms with Crippen LogP contribution < -0.4 is 4.74 Å². The average molecular weight is 443 g/mol. The molecule has 3 rings (SSSR count). The van der Waals surface area contributed by atoms with Gasteiger partial charge in [0.05, 0.1) is 16.6 Å². The summed E-state index contributed by atoms with van der Waals surface area (Å²) >= 11 is 18.2. The van der Waals surface area contributed by atoms with E-state index in [1.165, 1.54) is 4.90 Å². The van der Waals surface area contributed by atoms with E-state index in [2.05, 4.69) is 5.10 Å². The van der Waals surface area contributed by atoms with Gasteiger partial charge in [-0.3, -0.25) is 9.48 Å². The molecule has 0 aliphatic rings. The molecule has 9 heteroatoms. The normalized spacial score (nSPS) is 10.9. The van der Waals surface area contributed by atoms with Gasteiger partial charge in [-0.25, -0.2) is 0 Å². The van der Waals surface area contributed by atoms with Crippen LogP contribution in [0.3, 0.4) is 0 Å². The second kappa shape index (κ2) is 8.90. The quantitative estimate of drug-likeness (QED) is 0.498. The molecule has 0 radical (unpaired) electrons. The van der Waals surface area contributed by atoms with Gasteiger partial charge in [-0.1, -0.05) is 40.9 Å². The largest absolute Gasteiger partial charge is 0.484 e. The van der Waals surface area contributed by atoms with Crippen LogP contribution in [0.5, 0.6) is 5.75 Å². The molecule has 0 unspecified atom stereocenters. The summed E-state index contributed by atoms with van der Waals surface area (Å²) in [5, 5.41) is 5.60. The van der Waals surface area contributed by atoms with Crippen LogP contribution in [0.15, 0.2) is 40.9 Å². The number of hydrogen-bond acceptors (Lipinski definition) is 4. The molecule has 0 atom stereocenters. The van der Waals surface area contributed by atoms with E-state index in [1.54, 1.807) is 48.3 Å². The van der Waals surface area contributed by atoms with E-state index in [1.807, 2.05) is 6.92 Å². The number of carbonyl (C=O) groups excluding carboxylic acids is 1. The molecular weight excluding hydrogens is 425 g/mol. The van der Waals surface area contributed by atoms with Gasteiger partial charge >= 0.3 is 0 Å². The average Bonchev–Trinajstić information content (AvgIpc) is 3.29. The van der Waals surface area contributed by atoms with Crippen molar-refractivity contribution in [2.45, 2.75) is 26.6 Å². The van der Waals surface area contributed by atoms with Crippen LogP contribution in [0.25, 0.3) is 0 Å². The molecule has 0 aliphatic heterocycles. The third kappa shape index (κ3) is 4.63. The number of hydrogen-bond donors (Lipinski definition) is 0. The van der Waals surface area contributed by atoms with Crippen LogP contribution in [-0.2, 0) is 19.7 Å². The molecule has 0 N–H and O–H groups in total. The molecule has 2 heterocycles. The van der Waals surface area contributed by atoms with Crippen molar-refractivity contribution < 1.29 is 13.9 Å². The SMILES string of the molecule is CCn1cc(Cl)c(CN(C)C(=O)c2ccc(COc3cccc(Cl)c3Cl)o2)n1. The number of furan rings is 1. The summed E-state index contributed by atoms with van der Waals surface area (Å²) in [6, 6.07) is 8.39. The molecule has 0 fully saturated rings. The van der Waals surface area contributed by atoms with E-state index < -0.39 is 0 Å². The summed E-state index contributed by atoms with van der Waals surface area (Å²) in [4.78, 5) is 14.1. The zero-order chi connectivity index (χ0) is 20.3. The topological polar surface area (TPSA) is 60.5 Å². The molecule has 0 spiro atoms. The number of aryl methyl sites for hydroxylation is 1. The Kier molecular flexibility index (Phi) is 6.54. The van der Waals surface area contributed by atoms with Gasteiger partial charge in [-0.15, -0.1) is 0 Å². The predicted octanol–water partition coefficient (Wildman–Crippen LogP) is 5.31. The minimum Gasteiger partial charge on any atom is -0.484 e.